The summed E-state index contributed by atoms with van der Waals surface area (Å²) in [4.78, 5) is 28.2. The third-order valence-corrected chi connectivity index (χ3v) is 6.64. The van der Waals surface area contributed by atoms with E-state index in [0.717, 1.165) is 22.9 Å². The van der Waals surface area contributed by atoms with Crippen LogP contribution in [0.4, 0.5) is 36.4 Å². The number of thiophene rings is 1. The molecule has 0 saturated heterocycles. The van der Waals surface area contributed by atoms with E-state index < -0.39 is 47.4 Å². The number of hydrogen-bond acceptors (Lipinski definition) is 5. The van der Waals surface area contributed by atoms with Gasteiger partial charge in [0.15, 0.2) is 5.69 Å². The molecule has 0 aliphatic carbocycles. The van der Waals surface area contributed by atoms with E-state index in [9.17, 15) is 40.3 Å². The zero-order valence-corrected chi connectivity index (χ0v) is 20.1. The number of alkyl halides is 6. The number of hydrogen-bond donors (Lipinski definition) is 2. The number of anilines is 1. The van der Waals surface area contributed by atoms with Crippen molar-refractivity contribution in [2.24, 2.45) is 5.73 Å². The van der Waals surface area contributed by atoms with Gasteiger partial charge in [-0.15, -0.1) is 11.3 Å². The van der Waals surface area contributed by atoms with Crippen molar-refractivity contribution in [2.75, 3.05) is 5.32 Å². The lowest BCUT2D eigenvalue weighted by Gasteiger charge is -2.16. The summed E-state index contributed by atoms with van der Waals surface area (Å²) in [6, 6.07) is 4.51. The summed E-state index contributed by atoms with van der Waals surface area (Å²) in [7, 11) is 0. The molecule has 0 aliphatic heterocycles. The molecule has 3 N–H and O–H groups in total. The molecule has 0 fully saturated rings. The number of rotatable bonds is 5. The van der Waals surface area contributed by atoms with Crippen molar-refractivity contribution in [3.8, 4) is 11.1 Å². The van der Waals surface area contributed by atoms with Crippen LogP contribution in [0.1, 0.15) is 39.7 Å². The molecule has 7 nitrogen and oxygen atoms in total. The van der Waals surface area contributed by atoms with Crippen LogP contribution in [-0.2, 0) is 17.1 Å². The molecule has 0 spiro atoms. The van der Waals surface area contributed by atoms with Gasteiger partial charge in [0.2, 0.25) is 5.91 Å². The highest BCUT2D eigenvalue weighted by Crippen LogP contribution is 2.44. The second-order valence-corrected chi connectivity index (χ2v) is 9.19. The van der Waals surface area contributed by atoms with Crippen LogP contribution in [-0.4, -0.2) is 26.6 Å². The number of primary amides is 1. The van der Waals surface area contributed by atoms with Crippen LogP contribution in [0.3, 0.4) is 0 Å². The summed E-state index contributed by atoms with van der Waals surface area (Å²) in [6.07, 6.45) is -9.65. The van der Waals surface area contributed by atoms with Gasteiger partial charge in [-0.3, -0.25) is 14.3 Å². The molecule has 4 aromatic rings. The molecule has 0 aliphatic rings. The van der Waals surface area contributed by atoms with Gasteiger partial charge < -0.3 is 11.1 Å². The molecule has 1 atom stereocenters. The van der Waals surface area contributed by atoms with Gasteiger partial charge in [0.1, 0.15) is 27.3 Å². The number of benzene rings is 1. The summed E-state index contributed by atoms with van der Waals surface area (Å²) in [5.74, 6) is -2.69. The Hall–Kier alpha value is -4.01. The van der Waals surface area contributed by atoms with E-state index in [1.807, 2.05) is 0 Å². The van der Waals surface area contributed by atoms with Gasteiger partial charge in [0.25, 0.3) is 5.91 Å². The smallest absolute Gasteiger partial charge is 0.365 e. The minimum atomic E-state index is -4.88. The number of nitrogens with one attached hydrogen (secondary N) is 1. The summed E-state index contributed by atoms with van der Waals surface area (Å²) < 4.78 is 94.4. The number of fused-ring (bicyclic) bond motifs is 1. The van der Waals surface area contributed by atoms with Crippen molar-refractivity contribution in [3.63, 3.8) is 0 Å². The number of pyridine rings is 1. The zero-order valence-electron chi connectivity index (χ0n) is 19.3. The van der Waals surface area contributed by atoms with Crippen LogP contribution in [0.25, 0.3) is 21.3 Å². The third kappa shape index (κ3) is 5.05. The first-order chi connectivity index (χ1) is 17.6. The van der Waals surface area contributed by atoms with Gasteiger partial charge in [-0.1, -0.05) is 12.1 Å². The average molecular weight is 559 g/mol. The number of carbonyl (C=O) groups excluding carboxylic acids is 2. The molecule has 38 heavy (non-hydrogen) atoms. The molecule has 1 aromatic carbocycles. The Balaban J connectivity index is 1.88. The highest BCUT2D eigenvalue weighted by molar-refractivity contribution is 7.21. The summed E-state index contributed by atoms with van der Waals surface area (Å²) in [5.41, 5.74) is 2.60. The first kappa shape index (κ1) is 27.0. The molecule has 0 radical (unpaired) electrons. The first-order valence-electron chi connectivity index (χ1n) is 10.6. The molecule has 0 bridgehead atoms. The van der Waals surface area contributed by atoms with Crippen LogP contribution in [0.5, 0.6) is 0 Å². The molecule has 15 heteroatoms. The fourth-order valence-electron chi connectivity index (χ4n) is 3.75. The number of aryl methyl sites for hydroxylation is 1. The van der Waals surface area contributed by atoms with E-state index in [4.69, 9.17) is 5.73 Å². The quantitative estimate of drug-likeness (QED) is 0.295. The van der Waals surface area contributed by atoms with Crippen molar-refractivity contribution < 1.29 is 40.3 Å². The van der Waals surface area contributed by atoms with Crippen LogP contribution in [0, 0.1) is 12.7 Å². The van der Waals surface area contributed by atoms with Gasteiger partial charge in [0, 0.05) is 11.1 Å². The highest BCUT2D eigenvalue weighted by atomic mass is 32.1. The molecule has 3 aromatic heterocycles. The second-order valence-electron chi connectivity index (χ2n) is 8.19. The van der Waals surface area contributed by atoms with E-state index in [1.165, 1.54) is 26.0 Å². The van der Waals surface area contributed by atoms with E-state index in [1.54, 1.807) is 0 Å². The lowest BCUT2D eigenvalue weighted by atomic mass is 10.0. The minimum Gasteiger partial charge on any atom is -0.365 e. The van der Waals surface area contributed by atoms with E-state index in [2.05, 4.69) is 15.4 Å². The SMILES string of the molecule is Cc1cc(C(F)(F)F)nn1C(C)C(=O)Nc1c(C(N)=O)sc2nc(C(F)(F)F)cc(-c3ccc(F)cc3)c12. The Morgan fingerprint density at radius 1 is 1.03 bits per heavy atom. The standard InChI is InChI=1S/C23H16F7N5O2S/c1-9-7-15(23(28,29)30)34-35(9)10(2)20(37)33-17-16-13(11-3-5-12(24)6-4-11)8-14(22(25,26)27)32-21(16)38-18(17)19(31)36/h3-8,10H,1-2H3,(H2,31,36)(H,33,37). The number of aromatic nitrogens is 3. The number of amides is 2. The fourth-order valence-corrected chi connectivity index (χ4v) is 4.76. The molecule has 200 valence electrons. The average Bonchev–Trinajstić information content (AvgIpc) is 3.39. The van der Waals surface area contributed by atoms with Crippen LogP contribution >= 0.6 is 11.3 Å². The minimum absolute atomic E-state index is 0.00811. The molecule has 4 rings (SSSR count). The maximum absolute atomic E-state index is 13.6. The number of nitrogens with zero attached hydrogens (tertiary/aromatic N) is 3. The van der Waals surface area contributed by atoms with Crippen LogP contribution in [0.15, 0.2) is 36.4 Å². The van der Waals surface area contributed by atoms with Crippen molar-refractivity contribution >= 4 is 39.1 Å². The van der Waals surface area contributed by atoms with Crippen molar-refractivity contribution in [1.82, 2.24) is 14.8 Å². The Bertz CT molecular complexity index is 1560. The Morgan fingerprint density at radius 2 is 1.63 bits per heavy atom. The predicted molar refractivity (Wildman–Crippen MR) is 124 cm³/mol. The molecular formula is C23H16F7N5O2S. The number of carbonyl (C=O) groups is 2. The monoisotopic (exact) mass is 559 g/mol. The van der Waals surface area contributed by atoms with Crippen molar-refractivity contribution in [3.05, 3.63) is 64.2 Å². The molecule has 3 heterocycles. The topological polar surface area (TPSA) is 103 Å². The van der Waals surface area contributed by atoms with Crippen molar-refractivity contribution in [2.45, 2.75) is 32.2 Å². The highest BCUT2D eigenvalue weighted by Gasteiger charge is 2.37. The summed E-state index contributed by atoms with van der Waals surface area (Å²) in [5, 5.41) is 5.75. The van der Waals surface area contributed by atoms with Gasteiger partial charge in [-0.05, 0) is 49.2 Å². The molecule has 0 saturated carbocycles. The Morgan fingerprint density at radius 3 is 2.16 bits per heavy atom. The lowest BCUT2D eigenvalue weighted by Crippen LogP contribution is -2.26. The normalized spacial score (nSPS) is 13.1. The van der Waals surface area contributed by atoms with E-state index in [0.29, 0.717) is 17.4 Å². The molecule has 1 unspecified atom stereocenters. The maximum atomic E-state index is 13.6. The maximum Gasteiger partial charge on any atom is 0.435 e. The van der Waals surface area contributed by atoms with Crippen LogP contribution in [0.2, 0.25) is 0 Å². The number of nitrogens with two attached hydrogens (primary N) is 1. The molecule has 2 amide bonds. The van der Waals surface area contributed by atoms with Crippen molar-refractivity contribution in [1.29, 1.82) is 0 Å². The second kappa shape index (κ2) is 9.38. The number of halogens is 7. The largest absolute Gasteiger partial charge is 0.435 e. The lowest BCUT2D eigenvalue weighted by molar-refractivity contribution is -0.142. The zero-order chi connectivity index (χ0) is 28.2. The first-order valence-corrected chi connectivity index (χ1v) is 11.4. The summed E-state index contributed by atoms with van der Waals surface area (Å²) >= 11 is 0.489. The van der Waals surface area contributed by atoms with Crippen LogP contribution < -0.4 is 11.1 Å². The van der Waals surface area contributed by atoms with Gasteiger partial charge in [0.05, 0.1) is 5.69 Å². The summed E-state index contributed by atoms with van der Waals surface area (Å²) in [6.45, 7) is 2.55. The third-order valence-electron chi connectivity index (χ3n) is 5.54. The fraction of sp³-hybridized carbons (Fsp3) is 0.217. The Kier molecular flexibility index (Phi) is 6.67. The van der Waals surface area contributed by atoms with E-state index in [-0.39, 0.29) is 37.6 Å². The van der Waals surface area contributed by atoms with Gasteiger partial charge >= 0.3 is 12.4 Å². The Labute approximate surface area is 213 Å². The van der Waals surface area contributed by atoms with Gasteiger partial charge in [-0.25, -0.2) is 9.37 Å². The predicted octanol–water partition coefficient (Wildman–Crippen LogP) is 5.94. The molecular weight excluding hydrogens is 543 g/mol. The van der Waals surface area contributed by atoms with E-state index >= 15 is 0 Å². The van der Waals surface area contributed by atoms with Gasteiger partial charge in [-0.2, -0.15) is 31.4 Å².